The van der Waals surface area contributed by atoms with Gasteiger partial charge in [-0.3, -0.25) is 9.69 Å². The van der Waals surface area contributed by atoms with Crippen LogP contribution >= 0.6 is 11.6 Å². The predicted octanol–water partition coefficient (Wildman–Crippen LogP) is 4.52. The summed E-state index contributed by atoms with van der Waals surface area (Å²) < 4.78 is 38.3. The maximum Gasteiger partial charge on any atom is 0.254 e. The molecule has 0 saturated carbocycles. The van der Waals surface area contributed by atoms with Gasteiger partial charge in [-0.2, -0.15) is 4.31 Å². The molecular weight excluding hydrogens is 550 g/mol. The average Bonchev–Trinajstić information content (AvgIpc) is 2.99. The Labute approximate surface area is 241 Å². The minimum Gasteiger partial charge on any atom is -0.497 e. The van der Waals surface area contributed by atoms with Crippen LogP contribution < -0.4 is 9.47 Å². The first-order valence-corrected chi connectivity index (χ1v) is 14.8. The van der Waals surface area contributed by atoms with Crippen LogP contribution in [0, 0.1) is 0 Å². The second kappa shape index (κ2) is 13.8. The Kier molecular flexibility index (Phi) is 10.2. The first-order chi connectivity index (χ1) is 19.3. The summed E-state index contributed by atoms with van der Waals surface area (Å²) in [5, 5.41) is 0.504. The molecule has 40 heavy (non-hydrogen) atoms. The zero-order chi connectivity index (χ0) is 28.5. The molecule has 1 saturated heterocycles. The Bertz CT molecular complexity index is 1420. The SMILES string of the molecule is COc1ccc(S(=O)(=O)N2CCN(CCN(C/C=C/c3ccccc3OC)C(=O)c3cccc(Cl)c3)CC2)cc1. The van der Waals surface area contributed by atoms with Crippen molar-refractivity contribution in [3.63, 3.8) is 0 Å². The van der Waals surface area contributed by atoms with Gasteiger partial charge in [0.1, 0.15) is 11.5 Å². The molecule has 1 amide bonds. The van der Waals surface area contributed by atoms with Gasteiger partial charge in [-0.1, -0.05) is 48.0 Å². The Morgan fingerprint density at radius 3 is 2.35 bits per heavy atom. The maximum absolute atomic E-state index is 13.4. The highest BCUT2D eigenvalue weighted by molar-refractivity contribution is 7.89. The molecule has 10 heteroatoms. The molecule has 212 valence electrons. The number of amides is 1. The third-order valence-electron chi connectivity index (χ3n) is 6.84. The van der Waals surface area contributed by atoms with Crippen molar-refractivity contribution in [3.8, 4) is 11.5 Å². The zero-order valence-corrected chi connectivity index (χ0v) is 24.3. The number of nitrogens with zero attached hydrogens (tertiary/aromatic N) is 3. The summed E-state index contributed by atoms with van der Waals surface area (Å²) in [6.45, 7) is 3.40. The van der Waals surface area contributed by atoms with Gasteiger partial charge in [0, 0.05) is 62.0 Å². The van der Waals surface area contributed by atoms with E-state index in [2.05, 4.69) is 4.90 Å². The average molecular weight is 584 g/mol. The number of carbonyl (C=O) groups excluding carboxylic acids is 1. The molecule has 0 bridgehead atoms. The van der Waals surface area contributed by atoms with Gasteiger partial charge < -0.3 is 14.4 Å². The van der Waals surface area contributed by atoms with Crippen molar-refractivity contribution in [1.82, 2.24) is 14.1 Å². The van der Waals surface area contributed by atoms with Crippen LogP contribution in [0.2, 0.25) is 5.02 Å². The van der Waals surface area contributed by atoms with Gasteiger partial charge in [0.2, 0.25) is 10.0 Å². The number of hydrogen-bond donors (Lipinski definition) is 0. The van der Waals surface area contributed by atoms with E-state index < -0.39 is 10.0 Å². The van der Waals surface area contributed by atoms with E-state index in [0.717, 1.165) is 11.3 Å². The third kappa shape index (κ3) is 7.42. The quantitative estimate of drug-likeness (QED) is 0.330. The Morgan fingerprint density at radius 1 is 0.950 bits per heavy atom. The molecule has 0 unspecified atom stereocenters. The molecule has 0 spiro atoms. The Balaban J connectivity index is 1.39. The lowest BCUT2D eigenvalue weighted by atomic mass is 10.1. The van der Waals surface area contributed by atoms with Crippen molar-refractivity contribution in [2.24, 2.45) is 0 Å². The van der Waals surface area contributed by atoms with Crippen molar-refractivity contribution < 1.29 is 22.7 Å². The number of piperazine rings is 1. The minimum absolute atomic E-state index is 0.118. The van der Waals surface area contributed by atoms with E-state index in [1.54, 1.807) is 67.7 Å². The summed E-state index contributed by atoms with van der Waals surface area (Å²) in [5.74, 6) is 1.25. The molecule has 1 fully saturated rings. The van der Waals surface area contributed by atoms with E-state index in [0.29, 0.717) is 62.1 Å². The fraction of sp³-hybridized carbons (Fsp3) is 0.300. The van der Waals surface area contributed by atoms with E-state index in [4.69, 9.17) is 21.1 Å². The summed E-state index contributed by atoms with van der Waals surface area (Å²) in [5.41, 5.74) is 1.45. The second-order valence-electron chi connectivity index (χ2n) is 9.33. The molecule has 4 rings (SSSR count). The number of para-hydroxylation sites is 1. The fourth-order valence-corrected chi connectivity index (χ4v) is 6.16. The van der Waals surface area contributed by atoms with Crippen LogP contribution in [0.5, 0.6) is 11.5 Å². The molecule has 0 aromatic heterocycles. The molecule has 0 radical (unpaired) electrons. The van der Waals surface area contributed by atoms with E-state index >= 15 is 0 Å². The number of carbonyl (C=O) groups is 1. The van der Waals surface area contributed by atoms with Crippen LogP contribution in [0.15, 0.2) is 83.8 Å². The van der Waals surface area contributed by atoms with Gasteiger partial charge in [0.15, 0.2) is 0 Å². The number of halogens is 1. The number of ether oxygens (including phenoxy) is 2. The van der Waals surface area contributed by atoms with Crippen LogP contribution in [0.1, 0.15) is 15.9 Å². The Morgan fingerprint density at radius 2 is 1.68 bits per heavy atom. The van der Waals surface area contributed by atoms with Crippen LogP contribution in [0.25, 0.3) is 6.08 Å². The summed E-state index contributed by atoms with van der Waals surface area (Å²) >= 11 is 6.15. The fourth-order valence-electron chi connectivity index (χ4n) is 4.54. The number of methoxy groups -OCH3 is 2. The van der Waals surface area contributed by atoms with Gasteiger partial charge in [0.25, 0.3) is 5.91 Å². The normalized spacial score (nSPS) is 14.8. The van der Waals surface area contributed by atoms with E-state index in [-0.39, 0.29) is 10.8 Å². The number of benzene rings is 3. The van der Waals surface area contributed by atoms with Crippen LogP contribution in [-0.4, -0.2) is 88.5 Å². The Hall–Kier alpha value is -3.37. The van der Waals surface area contributed by atoms with Gasteiger partial charge in [-0.15, -0.1) is 0 Å². The lowest BCUT2D eigenvalue weighted by Crippen LogP contribution is -2.50. The predicted molar refractivity (Wildman–Crippen MR) is 158 cm³/mol. The van der Waals surface area contributed by atoms with Crippen molar-refractivity contribution >= 4 is 33.6 Å². The maximum atomic E-state index is 13.4. The molecular formula is C30H34ClN3O5S. The van der Waals surface area contributed by atoms with Gasteiger partial charge in [0.05, 0.1) is 19.1 Å². The molecule has 3 aromatic carbocycles. The lowest BCUT2D eigenvalue weighted by Gasteiger charge is -2.35. The minimum atomic E-state index is -3.58. The van der Waals surface area contributed by atoms with E-state index in [1.165, 1.54) is 4.31 Å². The highest BCUT2D eigenvalue weighted by Crippen LogP contribution is 2.21. The van der Waals surface area contributed by atoms with Gasteiger partial charge >= 0.3 is 0 Å². The van der Waals surface area contributed by atoms with Crippen LogP contribution in [-0.2, 0) is 10.0 Å². The van der Waals surface area contributed by atoms with Gasteiger partial charge in [-0.05, 0) is 48.5 Å². The van der Waals surface area contributed by atoms with Crippen molar-refractivity contribution in [2.45, 2.75) is 4.90 Å². The molecule has 1 aliphatic rings. The number of sulfonamides is 1. The van der Waals surface area contributed by atoms with Crippen LogP contribution in [0.4, 0.5) is 0 Å². The molecule has 1 aliphatic heterocycles. The largest absolute Gasteiger partial charge is 0.497 e. The summed E-state index contributed by atoms with van der Waals surface area (Å²) in [6, 6.07) is 21.1. The monoisotopic (exact) mass is 583 g/mol. The zero-order valence-electron chi connectivity index (χ0n) is 22.7. The summed E-state index contributed by atoms with van der Waals surface area (Å²) in [7, 11) is -0.411. The highest BCUT2D eigenvalue weighted by Gasteiger charge is 2.29. The first kappa shape index (κ1) is 29.6. The van der Waals surface area contributed by atoms with Gasteiger partial charge in [-0.25, -0.2) is 8.42 Å². The molecule has 0 atom stereocenters. The molecule has 0 aliphatic carbocycles. The summed E-state index contributed by atoms with van der Waals surface area (Å²) in [6.07, 6.45) is 3.89. The van der Waals surface area contributed by atoms with E-state index in [1.807, 2.05) is 36.4 Å². The van der Waals surface area contributed by atoms with Crippen molar-refractivity contribution in [3.05, 3.63) is 95.0 Å². The molecule has 1 heterocycles. The van der Waals surface area contributed by atoms with Crippen molar-refractivity contribution in [1.29, 1.82) is 0 Å². The van der Waals surface area contributed by atoms with E-state index in [9.17, 15) is 13.2 Å². The molecule has 3 aromatic rings. The summed E-state index contributed by atoms with van der Waals surface area (Å²) in [4.78, 5) is 17.6. The standard InChI is InChI=1S/C30H34ClN3O5S/c1-38-27-12-14-28(15-13-27)40(36,37)34-21-18-32(19-22-34)17-20-33(30(35)25-8-5-10-26(31)23-25)16-6-9-24-7-3-4-11-29(24)39-2/h3-15,23H,16-22H2,1-2H3/b9-6+. The third-order valence-corrected chi connectivity index (χ3v) is 8.98. The lowest BCUT2D eigenvalue weighted by molar-refractivity contribution is 0.0745. The van der Waals surface area contributed by atoms with Crippen molar-refractivity contribution in [2.75, 3.05) is 60.0 Å². The second-order valence-corrected chi connectivity index (χ2v) is 11.7. The highest BCUT2D eigenvalue weighted by atomic mass is 35.5. The topological polar surface area (TPSA) is 79.4 Å². The molecule has 8 nitrogen and oxygen atoms in total. The molecule has 0 N–H and O–H groups in total. The smallest absolute Gasteiger partial charge is 0.254 e. The first-order valence-electron chi connectivity index (χ1n) is 13.0. The number of rotatable bonds is 11. The van der Waals surface area contributed by atoms with Crippen LogP contribution in [0.3, 0.4) is 0 Å². The number of hydrogen-bond acceptors (Lipinski definition) is 6.